The van der Waals surface area contributed by atoms with Gasteiger partial charge in [-0.3, -0.25) is 4.79 Å². The molecule has 0 fully saturated rings. The van der Waals surface area contributed by atoms with E-state index >= 15 is 0 Å². The fourth-order valence-corrected chi connectivity index (χ4v) is 3.00. The molecule has 116 valence electrons. The van der Waals surface area contributed by atoms with Crippen LogP contribution in [0.25, 0.3) is 22.3 Å². The number of aromatic amines is 1. The van der Waals surface area contributed by atoms with E-state index in [1.165, 1.54) is 0 Å². The largest absolute Gasteiger partial charge is 0.481 e. The van der Waals surface area contributed by atoms with E-state index in [-0.39, 0.29) is 6.42 Å². The molecule has 23 heavy (non-hydrogen) atoms. The van der Waals surface area contributed by atoms with Gasteiger partial charge in [0.05, 0.1) is 6.42 Å². The highest BCUT2D eigenvalue weighted by Gasteiger charge is 2.18. The third-order valence-electron chi connectivity index (χ3n) is 3.98. The molecule has 2 aromatic carbocycles. The molecular weight excluding hydrogens is 286 g/mol. The van der Waals surface area contributed by atoms with Crippen molar-refractivity contribution in [1.82, 2.24) is 4.98 Å². The van der Waals surface area contributed by atoms with Crippen LogP contribution in [0.3, 0.4) is 0 Å². The molecule has 0 aliphatic carbocycles. The summed E-state index contributed by atoms with van der Waals surface area (Å²) in [4.78, 5) is 14.4. The molecule has 0 saturated carbocycles. The van der Waals surface area contributed by atoms with E-state index < -0.39 is 5.97 Å². The molecule has 3 rings (SSSR count). The predicted molar refractivity (Wildman–Crippen MR) is 92.4 cm³/mol. The van der Waals surface area contributed by atoms with Gasteiger partial charge in [0.15, 0.2) is 0 Å². The average molecular weight is 305 g/mol. The number of benzene rings is 2. The molecule has 2 N–H and O–H groups in total. The second kappa shape index (κ2) is 6.53. The Kier molecular flexibility index (Phi) is 4.29. The monoisotopic (exact) mass is 305 g/mol. The van der Waals surface area contributed by atoms with Gasteiger partial charge in [0, 0.05) is 22.5 Å². The summed E-state index contributed by atoms with van der Waals surface area (Å²) < 4.78 is 0. The zero-order chi connectivity index (χ0) is 16.2. The number of carboxylic acids is 1. The number of hydrogen-bond donors (Lipinski definition) is 2. The molecule has 0 saturated heterocycles. The summed E-state index contributed by atoms with van der Waals surface area (Å²) in [7, 11) is 0. The molecule has 0 spiro atoms. The van der Waals surface area contributed by atoms with Gasteiger partial charge < -0.3 is 10.1 Å². The van der Waals surface area contributed by atoms with Crippen molar-refractivity contribution in [2.24, 2.45) is 0 Å². The summed E-state index contributed by atoms with van der Waals surface area (Å²) in [5.74, 6) is -0.780. The highest BCUT2D eigenvalue weighted by atomic mass is 16.4. The molecule has 3 nitrogen and oxygen atoms in total. The molecule has 3 heteroatoms. The number of aromatic nitrogens is 1. The lowest BCUT2D eigenvalue weighted by Gasteiger charge is -2.08. The number of aliphatic carboxylic acids is 1. The maximum absolute atomic E-state index is 11.0. The number of rotatable bonds is 5. The van der Waals surface area contributed by atoms with Crippen molar-refractivity contribution in [3.63, 3.8) is 0 Å². The first-order chi connectivity index (χ1) is 11.2. The number of carboxylic acid groups (broad SMARTS) is 1. The second-order valence-electron chi connectivity index (χ2n) is 5.60. The van der Waals surface area contributed by atoms with Gasteiger partial charge in [0.1, 0.15) is 0 Å². The fourth-order valence-electron chi connectivity index (χ4n) is 3.00. The Labute approximate surface area is 135 Å². The molecule has 0 radical (unpaired) electrons. The molecule has 0 amide bonds. The summed E-state index contributed by atoms with van der Waals surface area (Å²) in [5.41, 5.74) is 6.55. The molecular formula is C20H19NO2. The van der Waals surface area contributed by atoms with Crippen molar-refractivity contribution in [3.8, 4) is 22.3 Å². The maximum atomic E-state index is 11.0. The summed E-state index contributed by atoms with van der Waals surface area (Å²) in [6.45, 7) is 2.04. The predicted octanol–water partition coefficient (Wildman–Crippen LogP) is 4.67. The molecule has 0 aliphatic rings. The van der Waals surface area contributed by atoms with Gasteiger partial charge >= 0.3 is 5.97 Å². The van der Waals surface area contributed by atoms with Crippen LogP contribution >= 0.6 is 0 Å². The summed E-state index contributed by atoms with van der Waals surface area (Å²) >= 11 is 0. The molecule has 0 atom stereocenters. The Hall–Kier alpha value is -2.81. The Morgan fingerprint density at radius 3 is 1.96 bits per heavy atom. The first kappa shape index (κ1) is 15.1. The standard InChI is InChI=1S/C20H19NO2/c1-14-19(15-8-4-2-5-9-15)20(16-10-6-3-7-11-16)17(21-14)12-13-18(22)23/h2-11,21H,12-13H2,1H3,(H,22,23). The van der Waals surface area contributed by atoms with Crippen LogP contribution in [-0.4, -0.2) is 16.1 Å². The Balaban J connectivity index is 2.17. The molecule has 1 heterocycles. The number of nitrogens with one attached hydrogen (secondary N) is 1. The van der Waals surface area contributed by atoms with Crippen molar-refractivity contribution in [3.05, 3.63) is 72.1 Å². The number of hydrogen-bond acceptors (Lipinski definition) is 1. The van der Waals surface area contributed by atoms with Crippen LogP contribution in [0.5, 0.6) is 0 Å². The normalized spacial score (nSPS) is 10.7. The van der Waals surface area contributed by atoms with E-state index in [0.29, 0.717) is 6.42 Å². The lowest BCUT2D eigenvalue weighted by molar-refractivity contribution is -0.136. The SMILES string of the molecule is Cc1[nH]c(CCC(=O)O)c(-c2ccccc2)c1-c1ccccc1. The first-order valence-electron chi connectivity index (χ1n) is 7.71. The molecule has 1 aromatic heterocycles. The molecule has 0 bridgehead atoms. The van der Waals surface area contributed by atoms with Gasteiger partial charge in [0.25, 0.3) is 0 Å². The van der Waals surface area contributed by atoms with E-state index in [1.54, 1.807) is 0 Å². The van der Waals surface area contributed by atoms with E-state index in [0.717, 1.165) is 33.6 Å². The van der Waals surface area contributed by atoms with Crippen molar-refractivity contribution in [1.29, 1.82) is 0 Å². The summed E-state index contributed by atoms with van der Waals surface area (Å²) in [6.07, 6.45) is 0.612. The molecule has 0 unspecified atom stereocenters. The topological polar surface area (TPSA) is 53.1 Å². The maximum Gasteiger partial charge on any atom is 0.303 e. The third-order valence-corrected chi connectivity index (χ3v) is 3.98. The quantitative estimate of drug-likeness (QED) is 0.719. The summed E-state index contributed by atoms with van der Waals surface area (Å²) in [6, 6.07) is 20.4. The van der Waals surface area contributed by atoms with Crippen LogP contribution in [0, 0.1) is 6.92 Å². The molecule has 0 aliphatic heterocycles. The van der Waals surface area contributed by atoms with E-state index in [4.69, 9.17) is 5.11 Å². The second-order valence-corrected chi connectivity index (χ2v) is 5.60. The van der Waals surface area contributed by atoms with Crippen LogP contribution in [0.1, 0.15) is 17.8 Å². The van der Waals surface area contributed by atoms with E-state index in [2.05, 4.69) is 29.2 Å². The first-order valence-corrected chi connectivity index (χ1v) is 7.71. The Morgan fingerprint density at radius 1 is 0.913 bits per heavy atom. The summed E-state index contributed by atoms with van der Waals surface area (Å²) in [5, 5.41) is 9.02. The van der Waals surface area contributed by atoms with Crippen LogP contribution in [0.4, 0.5) is 0 Å². The van der Waals surface area contributed by atoms with E-state index in [1.807, 2.05) is 43.3 Å². The van der Waals surface area contributed by atoms with Gasteiger partial charge in [-0.1, -0.05) is 60.7 Å². The molecule has 3 aromatic rings. The van der Waals surface area contributed by atoms with Crippen LogP contribution in [0.2, 0.25) is 0 Å². The van der Waals surface area contributed by atoms with Crippen LogP contribution in [0.15, 0.2) is 60.7 Å². The number of H-pyrrole nitrogens is 1. The lowest BCUT2D eigenvalue weighted by atomic mass is 9.94. The van der Waals surface area contributed by atoms with Crippen molar-refractivity contribution in [2.45, 2.75) is 19.8 Å². The highest BCUT2D eigenvalue weighted by Crippen LogP contribution is 2.38. The van der Waals surface area contributed by atoms with Crippen molar-refractivity contribution >= 4 is 5.97 Å². The highest BCUT2D eigenvalue weighted by molar-refractivity contribution is 5.87. The number of aryl methyl sites for hydroxylation is 2. The minimum Gasteiger partial charge on any atom is -0.481 e. The van der Waals surface area contributed by atoms with Crippen molar-refractivity contribution in [2.75, 3.05) is 0 Å². The van der Waals surface area contributed by atoms with Gasteiger partial charge in [0.2, 0.25) is 0 Å². The average Bonchev–Trinajstić information content (AvgIpc) is 2.91. The van der Waals surface area contributed by atoms with Crippen LogP contribution < -0.4 is 0 Å². The minimum atomic E-state index is -0.780. The Morgan fingerprint density at radius 2 is 1.43 bits per heavy atom. The fraction of sp³-hybridized carbons (Fsp3) is 0.150. The van der Waals surface area contributed by atoms with Gasteiger partial charge in [-0.05, 0) is 24.5 Å². The zero-order valence-corrected chi connectivity index (χ0v) is 13.0. The van der Waals surface area contributed by atoms with E-state index in [9.17, 15) is 4.79 Å². The lowest BCUT2D eigenvalue weighted by Crippen LogP contribution is -1.99. The zero-order valence-electron chi connectivity index (χ0n) is 13.0. The number of carbonyl (C=O) groups is 1. The van der Waals surface area contributed by atoms with Crippen molar-refractivity contribution < 1.29 is 9.90 Å². The van der Waals surface area contributed by atoms with Crippen LogP contribution in [-0.2, 0) is 11.2 Å². The minimum absolute atomic E-state index is 0.119. The third kappa shape index (κ3) is 3.19. The Bertz CT molecular complexity index is 804. The van der Waals surface area contributed by atoms with Gasteiger partial charge in [-0.25, -0.2) is 0 Å². The smallest absolute Gasteiger partial charge is 0.303 e. The van der Waals surface area contributed by atoms with Gasteiger partial charge in [-0.2, -0.15) is 0 Å². The van der Waals surface area contributed by atoms with Gasteiger partial charge in [-0.15, -0.1) is 0 Å².